The topological polar surface area (TPSA) is 0 Å². The molecule has 0 radical (unpaired) electrons. The molecule has 0 bridgehead atoms. The molecule has 1 atom stereocenters. The van der Waals surface area contributed by atoms with Gasteiger partial charge in [-0.3, -0.25) is 6.08 Å². The van der Waals surface area contributed by atoms with Crippen LogP contribution in [0.1, 0.15) is 29.5 Å². The van der Waals surface area contributed by atoms with Crippen LogP contribution in [-0.2, 0) is 26.2 Å². The van der Waals surface area contributed by atoms with Gasteiger partial charge in [-0.05, 0) is 6.92 Å². The molecule has 0 N–H and O–H groups in total. The summed E-state index contributed by atoms with van der Waals surface area (Å²) in [6.07, 6.45) is 5.38. The van der Waals surface area contributed by atoms with E-state index in [1.165, 1.54) is 16.7 Å². The number of rotatable bonds is 0. The van der Waals surface area contributed by atoms with Crippen molar-refractivity contribution in [2.45, 2.75) is 19.8 Å². The Morgan fingerprint density at radius 3 is 2.47 bits per heavy atom. The van der Waals surface area contributed by atoms with Gasteiger partial charge in [0.15, 0.2) is 0 Å². The summed E-state index contributed by atoms with van der Waals surface area (Å²) in [5.74, 6) is 0.491. The Morgan fingerprint density at radius 2 is 1.88 bits per heavy atom. The largest absolute Gasteiger partial charge is 2.00 e. The molecule has 1 aliphatic carbocycles. The molecule has 1 unspecified atom stereocenters. The Bertz CT molecular complexity index is 449. The predicted octanol–water partition coefficient (Wildman–Crippen LogP) is 4.33. The van der Waals surface area contributed by atoms with Crippen LogP contribution in [-0.4, -0.2) is 0 Å². The van der Waals surface area contributed by atoms with Crippen LogP contribution in [0, 0.1) is 13.0 Å². The van der Waals surface area contributed by atoms with Gasteiger partial charge in [-0.2, -0.15) is 23.8 Å². The second-order valence-electron chi connectivity index (χ2n) is 4.13. The van der Waals surface area contributed by atoms with Crippen LogP contribution in [0.15, 0.2) is 48.5 Å². The molecule has 3 rings (SSSR count). The number of aryl methyl sites for hydroxylation is 1. The molecule has 0 fully saturated rings. The Kier molecular flexibility index (Phi) is 5.71. The fourth-order valence-electron chi connectivity index (χ4n) is 1.84. The number of benzene rings is 1. The van der Waals surface area contributed by atoms with Gasteiger partial charge in [0.25, 0.3) is 0 Å². The zero-order chi connectivity index (χ0) is 11.4. The van der Waals surface area contributed by atoms with Crippen LogP contribution in [0.4, 0.5) is 0 Å². The molecule has 0 amide bonds. The van der Waals surface area contributed by atoms with E-state index in [1.807, 2.05) is 30.3 Å². The molecule has 0 aromatic heterocycles. The van der Waals surface area contributed by atoms with Crippen molar-refractivity contribution in [2.75, 3.05) is 0 Å². The molecule has 0 heterocycles. The summed E-state index contributed by atoms with van der Waals surface area (Å²) < 4.78 is 0. The van der Waals surface area contributed by atoms with Crippen molar-refractivity contribution in [3.8, 4) is 0 Å². The molecule has 1 heteroatoms. The molecule has 0 saturated carbocycles. The monoisotopic (exact) mass is 298 g/mol. The Hall–Kier alpha value is -0.807. The van der Waals surface area contributed by atoms with Crippen molar-refractivity contribution >= 4 is 6.08 Å². The van der Waals surface area contributed by atoms with E-state index in [9.17, 15) is 0 Å². The van der Waals surface area contributed by atoms with E-state index in [2.05, 4.69) is 44.2 Å². The molecule has 84 valence electrons. The van der Waals surface area contributed by atoms with Crippen LogP contribution < -0.4 is 0 Å². The van der Waals surface area contributed by atoms with E-state index in [1.54, 1.807) is 0 Å². The van der Waals surface area contributed by atoms with Gasteiger partial charge in [0.1, 0.15) is 0 Å². The second-order valence-corrected chi connectivity index (χ2v) is 4.13. The minimum absolute atomic E-state index is 0. The first-order valence-electron chi connectivity index (χ1n) is 5.64. The Morgan fingerprint density at radius 1 is 1.18 bits per heavy atom. The fraction of sp³-hybridized carbons (Fsp3) is 0.188. The molecule has 2 aromatic rings. The van der Waals surface area contributed by atoms with E-state index in [-0.39, 0.29) is 26.2 Å². The van der Waals surface area contributed by atoms with Gasteiger partial charge in [0.2, 0.25) is 0 Å². The summed E-state index contributed by atoms with van der Waals surface area (Å²) in [4.78, 5) is 0. The van der Waals surface area contributed by atoms with Crippen LogP contribution in [0.2, 0.25) is 0 Å². The third-order valence-corrected chi connectivity index (χ3v) is 2.75. The molecule has 0 saturated heterocycles. The second kappa shape index (κ2) is 6.81. The Balaban J connectivity index is 0.000000205. The third kappa shape index (κ3) is 3.85. The van der Waals surface area contributed by atoms with Gasteiger partial charge in [0.05, 0.1) is 0 Å². The van der Waals surface area contributed by atoms with Gasteiger partial charge in [0, 0.05) is 0 Å². The van der Waals surface area contributed by atoms with E-state index in [4.69, 9.17) is 0 Å². The standard InChI is InChI=1S/C11H11.C5H5.Zr/c1-8-3-6-11-9(2)4-5-10(11)7-8;1-2-4-5-3-1;/h3,5-7,9H,1-2H3;1-5H;/q2*-1;+2. The van der Waals surface area contributed by atoms with E-state index < -0.39 is 0 Å². The van der Waals surface area contributed by atoms with Crippen molar-refractivity contribution in [3.05, 3.63) is 71.3 Å². The summed E-state index contributed by atoms with van der Waals surface area (Å²) in [6, 6.07) is 16.6. The molecule has 0 nitrogen and oxygen atoms in total. The zero-order valence-electron chi connectivity index (χ0n) is 10.3. The summed E-state index contributed by atoms with van der Waals surface area (Å²) in [5.41, 5.74) is 4.09. The smallest absolute Gasteiger partial charge is 0.269 e. The van der Waals surface area contributed by atoms with Gasteiger partial charge in [-0.25, -0.2) is 18.2 Å². The molecule has 2 aromatic carbocycles. The summed E-state index contributed by atoms with van der Waals surface area (Å²) >= 11 is 0. The first-order chi connectivity index (χ1) is 7.77. The minimum Gasteiger partial charge on any atom is -0.269 e. The number of allylic oxidation sites excluding steroid dienone is 1. The van der Waals surface area contributed by atoms with Gasteiger partial charge >= 0.3 is 26.2 Å². The molecule has 0 spiro atoms. The summed E-state index contributed by atoms with van der Waals surface area (Å²) in [7, 11) is 0. The Labute approximate surface area is 123 Å². The maximum absolute atomic E-state index is 3.29. The van der Waals surface area contributed by atoms with Gasteiger partial charge in [-0.1, -0.05) is 30.5 Å². The van der Waals surface area contributed by atoms with Crippen molar-refractivity contribution in [1.82, 2.24) is 0 Å². The third-order valence-electron chi connectivity index (χ3n) is 2.75. The SMILES string of the molecule is Cc1ccc2c(c1)C=[C-]C2C.[Zr+2].c1cc[cH-]c1. The van der Waals surface area contributed by atoms with Crippen molar-refractivity contribution in [1.29, 1.82) is 0 Å². The van der Waals surface area contributed by atoms with E-state index in [0.717, 1.165) is 0 Å². The first kappa shape index (κ1) is 14.3. The normalized spacial score (nSPS) is 15.5. The van der Waals surface area contributed by atoms with Gasteiger partial charge in [-0.15, -0.1) is 11.6 Å². The molecule has 1 aliphatic rings. The van der Waals surface area contributed by atoms with Crippen LogP contribution >= 0.6 is 0 Å². The predicted molar refractivity (Wildman–Crippen MR) is 69.3 cm³/mol. The van der Waals surface area contributed by atoms with Crippen LogP contribution in [0.25, 0.3) is 6.08 Å². The van der Waals surface area contributed by atoms with E-state index in [0.29, 0.717) is 5.92 Å². The average molecular weight is 300 g/mol. The van der Waals surface area contributed by atoms with E-state index >= 15 is 0 Å². The minimum atomic E-state index is 0. The first-order valence-corrected chi connectivity index (χ1v) is 5.64. The average Bonchev–Trinajstić information content (AvgIpc) is 2.92. The van der Waals surface area contributed by atoms with Crippen molar-refractivity contribution in [2.24, 2.45) is 0 Å². The summed E-state index contributed by atoms with van der Waals surface area (Å²) in [5, 5.41) is 0. The molecule has 0 aliphatic heterocycles. The number of hydrogen-bond donors (Lipinski definition) is 0. The maximum atomic E-state index is 3.29. The van der Waals surface area contributed by atoms with Crippen LogP contribution in [0.5, 0.6) is 0 Å². The van der Waals surface area contributed by atoms with Crippen molar-refractivity contribution in [3.63, 3.8) is 0 Å². The zero-order valence-corrected chi connectivity index (χ0v) is 12.7. The summed E-state index contributed by atoms with van der Waals surface area (Å²) in [6.45, 7) is 4.30. The molecular formula is C16H16Zr. The van der Waals surface area contributed by atoms with Gasteiger partial charge < -0.3 is 0 Å². The number of hydrogen-bond acceptors (Lipinski definition) is 0. The maximum Gasteiger partial charge on any atom is 2.00 e. The molecular weight excluding hydrogens is 283 g/mol. The quantitative estimate of drug-likeness (QED) is 0.635. The van der Waals surface area contributed by atoms with Crippen molar-refractivity contribution < 1.29 is 26.2 Å². The molecule has 17 heavy (non-hydrogen) atoms. The fourth-order valence-corrected chi connectivity index (χ4v) is 1.84. The van der Waals surface area contributed by atoms with Crippen LogP contribution in [0.3, 0.4) is 0 Å². The number of fused-ring (bicyclic) bond motifs is 1.